The molecule has 2 fully saturated rings. The van der Waals surface area contributed by atoms with Crippen molar-refractivity contribution in [2.24, 2.45) is 0 Å². The molecule has 1 aromatic carbocycles. The summed E-state index contributed by atoms with van der Waals surface area (Å²) in [7, 11) is 1.47. The third-order valence-corrected chi connectivity index (χ3v) is 6.15. The third kappa shape index (κ3) is 5.69. The molecule has 8 nitrogen and oxygen atoms in total. The topological polar surface area (TPSA) is 76.0 Å². The van der Waals surface area contributed by atoms with Gasteiger partial charge in [0.2, 0.25) is 11.3 Å². The van der Waals surface area contributed by atoms with Crippen LogP contribution in [0, 0.1) is 0 Å². The predicted octanol–water partition coefficient (Wildman–Crippen LogP) is 1.47. The van der Waals surface area contributed by atoms with Gasteiger partial charge in [-0.1, -0.05) is 18.2 Å². The van der Waals surface area contributed by atoms with E-state index in [1.807, 2.05) is 10.6 Å². The molecule has 2 saturated heterocycles. The number of carbonyl (C=O) groups is 1. The number of para-hydroxylation sites is 1. The molecular formula is C24H32N4O4. The lowest BCUT2D eigenvalue weighted by atomic mass is 10.2. The van der Waals surface area contributed by atoms with Crippen LogP contribution in [0.5, 0.6) is 5.75 Å². The van der Waals surface area contributed by atoms with Gasteiger partial charge in [0.15, 0.2) is 5.75 Å². The minimum atomic E-state index is -0.165. The first-order valence-corrected chi connectivity index (χ1v) is 11.3. The fourth-order valence-corrected chi connectivity index (χ4v) is 4.31. The molecule has 2 aliphatic heterocycles. The van der Waals surface area contributed by atoms with Gasteiger partial charge in [-0.2, -0.15) is 0 Å². The van der Waals surface area contributed by atoms with Gasteiger partial charge in [0.25, 0.3) is 0 Å². The molecule has 0 aliphatic carbocycles. The lowest BCUT2D eigenvalue weighted by Gasteiger charge is -2.36. The molecule has 8 heteroatoms. The van der Waals surface area contributed by atoms with Gasteiger partial charge in [0.05, 0.1) is 19.4 Å². The van der Waals surface area contributed by atoms with E-state index in [0.717, 1.165) is 51.3 Å². The fraction of sp³-hybridized carbons (Fsp3) is 0.500. The van der Waals surface area contributed by atoms with Crippen LogP contribution >= 0.6 is 0 Å². The second-order valence-electron chi connectivity index (χ2n) is 8.36. The monoisotopic (exact) mass is 440 g/mol. The molecule has 3 heterocycles. The summed E-state index contributed by atoms with van der Waals surface area (Å²) < 4.78 is 12.6. The summed E-state index contributed by atoms with van der Waals surface area (Å²) >= 11 is 0. The highest BCUT2D eigenvalue weighted by molar-refractivity contribution is 5.75. The van der Waals surface area contributed by atoms with Crippen molar-refractivity contribution in [2.75, 3.05) is 51.3 Å². The maximum Gasteiger partial charge on any atom is 0.240 e. The zero-order valence-corrected chi connectivity index (χ0v) is 18.7. The van der Waals surface area contributed by atoms with Crippen molar-refractivity contribution in [3.63, 3.8) is 0 Å². The predicted molar refractivity (Wildman–Crippen MR) is 123 cm³/mol. The average molecular weight is 441 g/mol. The number of benzene rings is 1. The van der Waals surface area contributed by atoms with Crippen molar-refractivity contribution < 1.29 is 14.3 Å². The van der Waals surface area contributed by atoms with Crippen LogP contribution in [-0.4, -0.2) is 67.9 Å². The number of amides is 1. The van der Waals surface area contributed by atoms with Crippen LogP contribution in [0.3, 0.4) is 0 Å². The van der Waals surface area contributed by atoms with Gasteiger partial charge >= 0.3 is 0 Å². The number of piperazine rings is 1. The van der Waals surface area contributed by atoms with E-state index in [4.69, 9.17) is 9.47 Å². The van der Waals surface area contributed by atoms with E-state index in [2.05, 4.69) is 39.4 Å². The highest BCUT2D eigenvalue weighted by atomic mass is 16.5. The Kier molecular flexibility index (Phi) is 7.44. The zero-order chi connectivity index (χ0) is 22.3. The number of hydrogen-bond donors (Lipinski definition) is 1. The van der Waals surface area contributed by atoms with Gasteiger partial charge in [-0.15, -0.1) is 0 Å². The van der Waals surface area contributed by atoms with Crippen molar-refractivity contribution in [3.8, 4) is 5.75 Å². The van der Waals surface area contributed by atoms with Crippen molar-refractivity contribution in [1.29, 1.82) is 0 Å². The number of aromatic nitrogens is 1. The molecule has 0 spiro atoms. The van der Waals surface area contributed by atoms with E-state index < -0.39 is 0 Å². The van der Waals surface area contributed by atoms with Crippen molar-refractivity contribution in [2.45, 2.75) is 32.0 Å². The normalized spacial score (nSPS) is 19.2. The molecule has 1 amide bonds. The fourth-order valence-electron chi connectivity index (χ4n) is 4.31. The molecule has 0 unspecified atom stereocenters. The molecule has 0 radical (unpaired) electrons. The summed E-state index contributed by atoms with van der Waals surface area (Å²) in [5, 5.41) is 2.96. The highest BCUT2D eigenvalue weighted by Crippen LogP contribution is 2.17. The van der Waals surface area contributed by atoms with E-state index >= 15 is 0 Å². The highest BCUT2D eigenvalue weighted by Gasteiger charge is 2.20. The van der Waals surface area contributed by atoms with E-state index in [0.29, 0.717) is 13.1 Å². The summed E-state index contributed by atoms with van der Waals surface area (Å²) in [5.41, 5.74) is 1.88. The Labute approximate surface area is 188 Å². The minimum absolute atomic E-state index is 0.0960. The molecule has 0 saturated carbocycles. The summed E-state index contributed by atoms with van der Waals surface area (Å²) in [4.78, 5) is 29.7. The maximum atomic E-state index is 12.6. The number of carbonyl (C=O) groups excluding carboxylic acids is 1. The quantitative estimate of drug-likeness (QED) is 0.670. The first-order chi connectivity index (χ1) is 15.6. The van der Waals surface area contributed by atoms with Crippen LogP contribution in [0.15, 0.2) is 47.4 Å². The molecule has 172 valence electrons. The Hall–Kier alpha value is -2.84. The standard InChI is InChI=1S/C24H32N4O4/c1-31-23-17-28(18-24(30)25-15-21-8-5-13-32-21)20(14-22(23)29)16-26-9-11-27(12-10-26)19-6-3-2-4-7-19/h2-4,6-7,14,17,21H,5,8-13,15-16,18H2,1H3,(H,25,30)/t21-/m0/s1. The van der Waals surface area contributed by atoms with Crippen molar-refractivity contribution >= 4 is 11.6 Å². The van der Waals surface area contributed by atoms with Crippen LogP contribution in [0.4, 0.5) is 5.69 Å². The van der Waals surface area contributed by atoms with Gasteiger partial charge in [-0.05, 0) is 25.0 Å². The summed E-state index contributed by atoms with van der Waals surface area (Å²) in [5.74, 6) is 0.149. The molecule has 2 aromatic rings. The summed E-state index contributed by atoms with van der Waals surface area (Å²) in [6.45, 7) is 5.66. The smallest absolute Gasteiger partial charge is 0.240 e. The number of nitrogens with zero attached hydrogens (tertiary/aromatic N) is 3. The second-order valence-corrected chi connectivity index (χ2v) is 8.36. The molecule has 32 heavy (non-hydrogen) atoms. The van der Waals surface area contributed by atoms with Crippen LogP contribution in [0.25, 0.3) is 0 Å². The number of ether oxygens (including phenoxy) is 2. The average Bonchev–Trinajstić information content (AvgIpc) is 3.34. The SMILES string of the molecule is COc1cn(CC(=O)NC[C@@H]2CCCO2)c(CN2CCN(c3ccccc3)CC2)cc1=O. The maximum absolute atomic E-state index is 12.6. The lowest BCUT2D eigenvalue weighted by Crippen LogP contribution is -2.46. The molecular weight excluding hydrogens is 408 g/mol. The molecule has 1 aromatic heterocycles. The largest absolute Gasteiger partial charge is 0.491 e. The van der Waals surface area contributed by atoms with Gasteiger partial charge in [0, 0.05) is 63.3 Å². The van der Waals surface area contributed by atoms with E-state index in [-0.39, 0.29) is 29.7 Å². The second kappa shape index (κ2) is 10.7. The Morgan fingerprint density at radius 1 is 1.19 bits per heavy atom. The molecule has 4 rings (SSSR count). The molecule has 1 atom stereocenters. The third-order valence-electron chi connectivity index (χ3n) is 6.15. The molecule has 1 N–H and O–H groups in total. The zero-order valence-electron chi connectivity index (χ0n) is 18.7. The number of nitrogens with one attached hydrogen (secondary N) is 1. The number of anilines is 1. The van der Waals surface area contributed by atoms with E-state index in [1.54, 1.807) is 12.3 Å². The first kappa shape index (κ1) is 22.4. The van der Waals surface area contributed by atoms with E-state index in [1.165, 1.54) is 12.8 Å². The first-order valence-electron chi connectivity index (χ1n) is 11.3. The molecule has 0 bridgehead atoms. The number of pyridine rings is 1. The van der Waals surface area contributed by atoms with Gasteiger partial charge in [-0.25, -0.2) is 0 Å². The Bertz CT molecular complexity index is 948. The van der Waals surface area contributed by atoms with Gasteiger partial charge < -0.3 is 24.3 Å². The van der Waals surface area contributed by atoms with Crippen LogP contribution in [-0.2, 0) is 22.6 Å². The Morgan fingerprint density at radius 3 is 2.66 bits per heavy atom. The van der Waals surface area contributed by atoms with Gasteiger partial charge in [-0.3, -0.25) is 14.5 Å². The van der Waals surface area contributed by atoms with Crippen molar-refractivity contribution in [3.05, 3.63) is 58.5 Å². The number of methoxy groups -OCH3 is 1. The van der Waals surface area contributed by atoms with Crippen LogP contribution < -0.4 is 20.4 Å². The summed E-state index contributed by atoms with van der Waals surface area (Å²) in [6.07, 6.45) is 3.76. The van der Waals surface area contributed by atoms with Crippen LogP contribution in [0.2, 0.25) is 0 Å². The van der Waals surface area contributed by atoms with E-state index in [9.17, 15) is 9.59 Å². The number of rotatable bonds is 8. The molecule has 2 aliphatic rings. The Balaban J connectivity index is 1.39. The number of hydrogen-bond acceptors (Lipinski definition) is 6. The summed E-state index contributed by atoms with van der Waals surface area (Å²) in [6, 6.07) is 12.0. The van der Waals surface area contributed by atoms with Crippen LogP contribution in [0.1, 0.15) is 18.5 Å². The van der Waals surface area contributed by atoms with Gasteiger partial charge in [0.1, 0.15) is 6.54 Å². The lowest BCUT2D eigenvalue weighted by molar-refractivity contribution is -0.122. The minimum Gasteiger partial charge on any atom is -0.491 e. The Morgan fingerprint density at radius 2 is 1.97 bits per heavy atom. The van der Waals surface area contributed by atoms with Crippen molar-refractivity contribution in [1.82, 2.24) is 14.8 Å².